The van der Waals surface area contributed by atoms with Gasteiger partial charge in [0.1, 0.15) is 12.4 Å². The summed E-state index contributed by atoms with van der Waals surface area (Å²) in [5.41, 5.74) is 0.869. The van der Waals surface area contributed by atoms with Crippen LogP contribution in [0.25, 0.3) is 0 Å². The standard InChI is InChI=1S/C17H24N2O5/c1-23-9-10-24-15-7-3-2-5-13(15)11-18-17(22)19-8-4-6-14(12-19)16(20)21/h2-3,5,7,14H,4,6,8-12H2,1H3,(H,18,22)(H,20,21). The molecule has 7 nitrogen and oxygen atoms in total. The number of benzene rings is 1. The quantitative estimate of drug-likeness (QED) is 0.740. The van der Waals surface area contributed by atoms with Crippen molar-refractivity contribution in [1.29, 1.82) is 0 Å². The van der Waals surface area contributed by atoms with E-state index in [2.05, 4.69) is 5.32 Å². The van der Waals surface area contributed by atoms with Gasteiger partial charge >= 0.3 is 12.0 Å². The Morgan fingerprint density at radius 2 is 2.12 bits per heavy atom. The lowest BCUT2D eigenvalue weighted by Crippen LogP contribution is -2.46. The topological polar surface area (TPSA) is 88.1 Å². The van der Waals surface area contributed by atoms with Gasteiger partial charge in [0.05, 0.1) is 12.5 Å². The van der Waals surface area contributed by atoms with E-state index in [1.165, 1.54) is 0 Å². The number of nitrogens with zero attached hydrogens (tertiary/aromatic N) is 1. The first kappa shape index (κ1) is 18.1. The maximum atomic E-state index is 12.3. The SMILES string of the molecule is COCCOc1ccccc1CNC(=O)N1CCCC(C(=O)O)C1. The van der Waals surface area contributed by atoms with E-state index in [1.807, 2.05) is 24.3 Å². The second-order valence-corrected chi connectivity index (χ2v) is 5.73. The number of hydrogen-bond acceptors (Lipinski definition) is 4. The van der Waals surface area contributed by atoms with Crippen LogP contribution in [-0.4, -0.2) is 55.4 Å². The monoisotopic (exact) mass is 336 g/mol. The van der Waals surface area contributed by atoms with Gasteiger partial charge in [-0.15, -0.1) is 0 Å². The third-order valence-electron chi connectivity index (χ3n) is 4.01. The molecule has 1 aliphatic rings. The highest BCUT2D eigenvalue weighted by molar-refractivity contribution is 5.76. The zero-order chi connectivity index (χ0) is 17.4. The van der Waals surface area contributed by atoms with Crippen LogP contribution in [0.3, 0.4) is 0 Å². The van der Waals surface area contributed by atoms with Gasteiger partial charge in [0, 0.05) is 32.3 Å². The van der Waals surface area contributed by atoms with Crippen molar-refractivity contribution in [2.24, 2.45) is 5.92 Å². The predicted molar refractivity (Wildman–Crippen MR) is 88.0 cm³/mol. The molecule has 1 aromatic carbocycles. The van der Waals surface area contributed by atoms with Crippen LogP contribution in [0.5, 0.6) is 5.75 Å². The van der Waals surface area contributed by atoms with Gasteiger partial charge in [0.2, 0.25) is 0 Å². The Balaban J connectivity index is 1.88. The average Bonchev–Trinajstić information content (AvgIpc) is 2.61. The van der Waals surface area contributed by atoms with E-state index in [0.717, 1.165) is 5.56 Å². The second-order valence-electron chi connectivity index (χ2n) is 5.73. The molecule has 24 heavy (non-hydrogen) atoms. The number of urea groups is 1. The van der Waals surface area contributed by atoms with Crippen LogP contribution in [0.4, 0.5) is 4.79 Å². The zero-order valence-corrected chi connectivity index (χ0v) is 13.9. The van der Waals surface area contributed by atoms with E-state index in [0.29, 0.717) is 44.9 Å². The molecule has 0 spiro atoms. The lowest BCUT2D eigenvalue weighted by molar-refractivity contribution is -0.143. The maximum Gasteiger partial charge on any atom is 0.317 e. The van der Waals surface area contributed by atoms with Gasteiger partial charge < -0.3 is 24.8 Å². The Bertz CT molecular complexity index is 564. The lowest BCUT2D eigenvalue weighted by atomic mass is 9.99. The van der Waals surface area contributed by atoms with Crippen molar-refractivity contribution in [2.45, 2.75) is 19.4 Å². The van der Waals surface area contributed by atoms with Crippen LogP contribution in [0.1, 0.15) is 18.4 Å². The molecule has 1 fully saturated rings. The molecule has 0 bridgehead atoms. The number of hydrogen-bond donors (Lipinski definition) is 2. The van der Waals surface area contributed by atoms with Crippen molar-refractivity contribution in [3.63, 3.8) is 0 Å². The summed E-state index contributed by atoms with van der Waals surface area (Å²) in [7, 11) is 1.61. The Hall–Kier alpha value is -2.28. The number of piperidine rings is 1. The summed E-state index contributed by atoms with van der Waals surface area (Å²) in [6.07, 6.45) is 1.33. The minimum atomic E-state index is -0.843. The minimum Gasteiger partial charge on any atom is -0.491 e. The number of ether oxygens (including phenoxy) is 2. The van der Waals surface area contributed by atoms with Crippen molar-refractivity contribution >= 4 is 12.0 Å². The fraction of sp³-hybridized carbons (Fsp3) is 0.529. The molecule has 0 radical (unpaired) electrons. The van der Waals surface area contributed by atoms with Gasteiger partial charge in [0.25, 0.3) is 0 Å². The van der Waals surface area contributed by atoms with E-state index in [9.17, 15) is 9.59 Å². The highest BCUT2D eigenvalue weighted by Gasteiger charge is 2.28. The molecule has 1 atom stereocenters. The number of carbonyl (C=O) groups is 2. The van der Waals surface area contributed by atoms with E-state index in [1.54, 1.807) is 12.0 Å². The number of amides is 2. The highest BCUT2D eigenvalue weighted by Crippen LogP contribution is 2.19. The van der Waals surface area contributed by atoms with Crippen LogP contribution in [0.2, 0.25) is 0 Å². The molecule has 132 valence electrons. The maximum absolute atomic E-state index is 12.3. The fourth-order valence-electron chi connectivity index (χ4n) is 2.67. The summed E-state index contributed by atoms with van der Waals surface area (Å²) >= 11 is 0. The average molecular weight is 336 g/mol. The first-order valence-electron chi connectivity index (χ1n) is 8.07. The summed E-state index contributed by atoms with van der Waals surface area (Å²) in [6, 6.07) is 7.24. The Labute approximate surface area is 141 Å². The third kappa shape index (κ3) is 5.13. The highest BCUT2D eigenvalue weighted by atomic mass is 16.5. The fourth-order valence-corrected chi connectivity index (χ4v) is 2.67. The molecular formula is C17H24N2O5. The molecule has 1 saturated heterocycles. The molecule has 2 N–H and O–H groups in total. The molecule has 7 heteroatoms. The summed E-state index contributed by atoms with van der Waals surface area (Å²) in [6.45, 7) is 2.10. The van der Waals surface area contributed by atoms with Crippen molar-refractivity contribution < 1.29 is 24.2 Å². The smallest absolute Gasteiger partial charge is 0.317 e. The molecule has 1 unspecified atom stereocenters. The van der Waals surface area contributed by atoms with Crippen molar-refractivity contribution in [3.05, 3.63) is 29.8 Å². The third-order valence-corrected chi connectivity index (χ3v) is 4.01. The molecule has 1 aliphatic heterocycles. The molecule has 2 rings (SSSR count). The number of carbonyl (C=O) groups excluding carboxylic acids is 1. The zero-order valence-electron chi connectivity index (χ0n) is 13.9. The largest absolute Gasteiger partial charge is 0.491 e. The van der Waals surface area contributed by atoms with Crippen molar-refractivity contribution in [2.75, 3.05) is 33.4 Å². The van der Waals surface area contributed by atoms with Crippen molar-refractivity contribution in [3.8, 4) is 5.75 Å². The van der Waals surface area contributed by atoms with Crippen LogP contribution in [0.15, 0.2) is 24.3 Å². The van der Waals surface area contributed by atoms with Gasteiger partial charge in [-0.3, -0.25) is 4.79 Å². The Morgan fingerprint density at radius 1 is 1.33 bits per heavy atom. The number of carboxylic acids is 1. The first-order valence-corrected chi connectivity index (χ1v) is 8.07. The van der Waals surface area contributed by atoms with Crippen LogP contribution >= 0.6 is 0 Å². The van der Waals surface area contributed by atoms with Crippen LogP contribution in [-0.2, 0) is 16.1 Å². The van der Waals surface area contributed by atoms with E-state index in [4.69, 9.17) is 14.6 Å². The number of rotatable bonds is 7. The summed E-state index contributed by atoms with van der Waals surface area (Å²) < 4.78 is 10.6. The van der Waals surface area contributed by atoms with E-state index >= 15 is 0 Å². The summed E-state index contributed by atoms with van der Waals surface area (Å²) in [4.78, 5) is 24.9. The molecule has 1 heterocycles. The molecular weight excluding hydrogens is 312 g/mol. The lowest BCUT2D eigenvalue weighted by Gasteiger charge is -2.30. The number of nitrogens with one attached hydrogen (secondary N) is 1. The Kier molecular flexibility index (Phi) is 6.87. The summed E-state index contributed by atoms with van der Waals surface area (Å²) in [5, 5.41) is 11.9. The van der Waals surface area contributed by atoms with Gasteiger partial charge in [-0.1, -0.05) is 18.2 Å². The number of likely N-dealkylation sites (tertiary alicyclic amines) is 1. The molecule has 1 aromatic rings. The molecule has 0 saturated carbocycles. The molecule has 2 amide bonds. The van der Waals surface area contributed by atoms with Gasteiger partial charge in [-0.05, 0) is 18.9 Å². The predicted octanol–water partition coefficient (Wildman–Crippen LogP) is 1.72. The van der Waals surface area contributed by atoms with E-state index < -0.39 is 11.9 Å². The van der Waals surface area contributed by atoms with Crippen molar-refractivity contribution in [1.82, 2.24) is 10.2 Å². The van der Waals surface area contributed by atoms with Crippen LogP contribution in [0, 0.1) is 5.92 Å². The summed E-state index contributed by atoms with van der Waals surface area (Å²) in [5.74, 6) is -0.615. The molecule has 0 aliphatic carbocycles. The Morgan fingerprint density at radius 3 is 2.88 bits per heavy atom. The number of carboxylic acid groups (broad SMARTS) is 1. The number of para-hydroxylation sites is 1. The first-order chi connectivity index (χ1) is 11.6. The number of aliphatic carboxylic acids is 1. The second kappa shape index (κ2) is 9.12. The van der Waals surface area contributed by atoms with E-state index in [-0.39, 0.29) is 12.6 Å². The number of methoxy groups -OCH3 is 1. The van der Waals surface area contributed by atoms with Gasteiger partial charge in [-0.2, -0.15) is 0 Å². The van der Waals surface area contributed by atoms with Gasteiger partial charge in [0.15, 0.2) is 0 Å². The minimum absolute atomic E-state index is 0.243. The van der Waals surface area contributed by atoms with Gasteiger partial charge in [-0.25, -0.2) is 4.79 Å². The van der Waals surface area contributed by atoms with Crippen LogP contribution < -0.4 is 10.1 Å². The molecule has 0 aromatic heterocycles. The normalized spacial score (nSPS) is 17.4.